The van der Waals surface area contributed by atoms with Gasteiger partial charge in [-0.15, -0.1) is 0 Å². The van der Waals surface area contributed by atoms with Crippen LogP contribution in [0.5, 0.6) is 5.88 Å². The number of aromatic nitrogens is 2. The van der Waals surface area contributed by atoms with Crippen LogP contribution in [0.15, 0.2) is 0 Å². The second-order valence-electron chi connectivity index (χ2n) is 5.71. The van der Waals surface area contributed by atoms with Crippen LogP contribution < -0.4 is 16.0 Å². The minimum Gasteiger partial charge on any atom is -0.477 e. The maximum absolute atomic E-state index is 5.86. The Balaban J connectivity index is 1.68. The second kappa shape index (κ2) is 5.33. The van der Waals surface area contributed by atoms with Crippen LogP contribution in [-0.2, 0) is 0 Å². The van der Waals surface area contributed by atoms with Crippen LogP contribution in [0.3, 0.4) is 0 Å². The van der Waals surface area contributed by atoms with E-state index in [4.69, 9.17) is 10.6 Å². The molecular weight excluding hydrogens is 240 g/mol. The number of anilines is 1. The normalized spacial score (nSPS) is 19.1. The van der Waals surface area contributed by atoms with E-state index < -0.39 is 0 Å². The predicted octanol–water partition coefficient (Wildman–Crippen LogP) is 2.52. The van der Waals surface area contributed by atoms with E-state index in [0.29, 0.717) is 17.6 Å². The molecule has 5 heteroatoms. The number of nitrogens with one attached hydrogen (secondary N) is 1. The fraction of sp³-hybridized carbons (Fsp3) is 0.714. The van der Waals surface area contributed by atoms with Gasteiger partial charge in [0.2, 0.25) is 5.88 Å². The fourth-order valence-electron chi connectivity index (χ4n) is 2.42. The minimum absolute atomic E-state index is 0.502. The summed E-state index contributed by atoms with van der Waals surface area (Å²) in [5, 5.41) is 0. The van der Waals surface area contributed by atoms with Crippen LogP contribution in [0.1, 0.15) is 55.8 Å². The highest BCUT2D eigenvalue weighted by Crippen LogP contribution is 2.40. The molecule has 0 spiro atoms. The molecule has 0 radical (unpaired) electrons. The van der Waals surface area contributed by atoms with Gasteiger partial charge in [0.1, 0.15) is 11.6 Å². The van der Waals surface area contributed by atoms with Gasteiger partial charge in [-0.1, -0.05) is 19.3 Å². The lowest BCUT2D eigenvalue weighted by molar-refractivity contribution is 0.216. The Morgan fingerprint density at radius 1 is 1.26 bits per heavy atom. The second-order valence-corrected chi connectivity index (χ2v) is 5.71. The zero-order chi connectivity index (χ0) is 13.2. The molecule has 0 aliphatic heterocycles. The molecular formula is C14H22N4O. The molecule has 3 rings (SSSR count). The maximum atomic E-state index is 5.86. The Hall–Kier alpha value is -1.36. The summed E-state index contributed by atoms with van der Waals surface area (Å²) in [6.07, 6.45) is 7.57. The van der Waals surface area contributed by atoms with Crippen LogP contribution in [0.2, 0.25) is 0 Å². The van der Waals surface area contributed by atoms with Crippen LogP contribution in [0.25, 0.3) is 0 Å². The fourth-order valence-corrected chi connectivity index (χ4v) is 2.42. The molecule has 0 amide bonds. The van der Waals surface area contributed by atoms with Crippen LogP contribution >= 0.6 is 0 Å². The van der Waals surface area contributed by atoms with Crippen molar-refractivity contribution in [1.29, 1.82) is 0 Å². The summed E-state index contributed by atoms with van der Waals surface area (Å²) < 4.78 is 5.86. The average molecular weight is 262 g/mol. The zero-order valence-corrected chi connectivity index (χ0v) is 11.5. The van der Waals surface area contributed by atoms with Crippen molar-refractivity contribution in [2.75, 3.05) is 12.0 Å². The number of hydrogen-bond acceptors (Lipinski definition) is 5. The monoisotopic (exact) mass is 262 g/mol. The van der Waals surface area contributed by atoms with E-state index in [0.717, 1.165) is 30.3 Å². The molecule has 2 aliphatic carbocycles. The van der Waals surface area contributed by atoms with E-state index in [1.165, 1.54) is 32.1 Å². The first kappa shape index (κ1) is 12.7. The van der Waals surface area contributed by atoms with Crippen molar-refractivity contribution in [1.82, 2.24) is 9.97 Å². The third-order valence-electron chi connectivity index (χ3n) is 4.19. The zero-order valence-electron chi connectivity index (χ0n) is 11.5. The Bertz CT molecular complexity index is 455. The number of nitrogens with zero attached hydrogens (tertiary/aromatic N) is 2. The average Bonchev–Trinajstić information content (AvgIpc) is 3.18. The molecule has 3 N–H and O–H groups in total. The number of nitrogen functional groups attached to an aromatic ring is 1. The van der Waals surface area contributed by atoms with Gasteiger partial charge in [0.15, 0.2) is 0 Å². The SMILES string of the molecule is Cc1c(NN)nc(C2CC2)nc1OCCC1CCC1. The highest BCUT2D eigenvalue weighted by molar-refractivity contribution is 5.48. The molecule has 0 unspecified atom stereocenters. The number of hydrazine groups is 1. The lowest BCUT2D eigenvalue weighted by Gasteiger charge is -2.25. The van der Waals surface area contributed by atoms with Crippen LogP contribution in [0, 0.1) is 12.8 Å². The van der Waals surface area contributed by atoms with Gasteiger partial charge in [-0.2, -0.15) is 4.98 Å². The van der Waals surface area contributed by atoms with Gasteiger partial charge in [0.25, 0.3) is 0 Å². The van der Waals surface area contributed by atoms with E-state index in [-0.39, 0.29) is 0 Å². The molecule has 1 aromatic heterocycles. The van der Waals surface area contributed by atoms with Gasteiger partial charge in [0, 0.05) is 5.92 Å². The van der Waals surface area contributed by atoms with E-state index in [2.05, 4.69) is 15.4 Å². The molecule has 1 aromatic rings. The smallest absolute Gasteiger partial charge is 0.221 e. The predicted molar refractivity (Wildman–Crippen MR) is 74.0 cm³/mol. The highest BCUT2D eigenvalue weighted by atomic mass is 16.5. The number of ether oxygens (including phenoxy) is 1. The summed E-state index contributed by atoms with van der Waals surface area (Å²) >= 11 is 0. The third-order valence-corrected chi connectivity index (χ3v) is 4.19. The summed E-state index contributed by atoms with van der Waals surface area (Å²) in [6, 6.07) is 0. The minimum atomic E-state index is 0.502. The summed E-state index contributed by atoms with van der Waals surface area (Å²) in [5.74, 6) is 9.14. The molecule has 2 saturated carbocycles. The van der Waals surface area contributed by atoms with E-state index in [1.807, 2.05) is 6.92 Å². The molecule has 104 valence electrons. The molecule has 0 bridgehead atoms. The molecule has 0 saturated heterocycles. The molecule has 1 heterocycles. The Morgan fingerprint density at radius 2 is 2.05 bits per heavy atom. The van der Waals surface area contributed by atoms with Crippen LogP contribution in [0.4, 0.5) is 5.82 Å². The maximum Gasteiger partial charge on any atom is 0.221 e. The van der Waals surface area contributed by atoms with Gasteiger partial charge in [-0.25, -0.2) is 10.8 Å². The Kier molecular flexibility index (Phi) is 3.55. The largest absolute Gasteiger partial charge is 0.477 e. The first-order valence-corrected chi connectivity index (χ1v) is 7.26. The van der Waals surface area contributed by atoms with E-state index in [9.17, 15) is 0 Å². The first-order chi connectivity index (χ1) is 9.28. The lowest BCUT2D eigenvalue weighted by Crippen LogP contribution is -2.16. The van der Waals surface area contributed by atoms with Crippen molar-refractivity contribution in [3.05, 3.63) is 11.4 Å². The van der Waals surface area contributed by atoms with Crippen molar-refractivity contribution in [2.24, 2.45) is 11.8 Å². The molecule has 2 aliphatic rings. The van der Waals surface area contributed by atoms with Gasteiger partial charge in [-0.3, -0.25) is 0 Å². The molecule has 5 nitrogen and oxygen atoms in total. The van der Waals surface area contributed by atoms with Crippen molar-refractivity contribution in [2.45, 2.75) is 51.4 Å². The van der Waals surface area contributed by atoms with Crippen molar-refractivity contribution in [3.8, 4) is 5.88 Å². The van der Waals surface area contributed by atoms with Crippen molar-refractivity contribution < 1.29 is 4.74 Å². The standard InChI is InChI=1S/C14H22N4O/c1-9-12(18-15)16-13(11-5-6-11)17-14(9)19-8-7-10-3-2-4-10/h10-11H,2-8,15H2,1H3,(H,16,17,18). The summed E-state index contributed by atoms with van der Waals surface area (Å²) in [4.78, 5) is 9.01. The Morgan fingerprint density at radius 3 is 2.63 bits per heavy atom. The summed E-state index contributed by atoms with van der Waals surface area (Å²) in [6.45, 7) is 2.70. The Labute approximate surface area is 113 Å². The number of hydrogen-bond donors (Lipinski definition) is 2. The van der Waals surface area contributed by atoms with Gasteiger partial charge in [0.05, 0.1) is 12.2 Å². The van der Waals surface area contributed by atoms with Crippen LogP contribution in [-0.4, -0.2) is 16.6 Å². The topological polar surface area (TPSA) is 73.1 Å². The molecule has 2 fully saturated rings. The van der Waals surface area contributed by atoms with E-state index >= 15 is 0 Å². The highest BCUT2D eigenvalue weighted by Gasteiger charge is 2.28. The quantitative estimate of drug-likeness (QED) is 0.608. The lowest BCUT2D eigenvalue weighted by atomic mass is 9.83. The van der Waals surface area contributed by atoms with Gasteiger partial charge < -0.3 is 10.2 Å². The molecule has 0 aromatic carbocycles. The summed E-state index contributed by atoms with van der Waals surface area (Å²) in [7, 11) is 0. The van der Waals surface area contributed by atoms with Crippen molar-refractivity contribution >= 4 is 5.82 Å². The number of nitrogens with two attached hydrogens (primary N) is 1. The summed E-state index contributed by atoms with van der Waals surface area (Å²) in [5.41, 5.74) is 3.55. The molecule has 19 heavy (non-hydrogen) atoms. The van der Waals surface area contributed by atoms with E-state index in [1.54, 1.807) is 0 Å². The third kappa shape index (κ3) is 2.81. The van der Waals surface area contributed by atoms with Gasteiger partial charge in [-0.05, 0) is 32.1 Å². The number of rotatable bonds is 6. The first-order valence-electron chi connectivity index (χ1n) is 7.26. The van der Waals surface area contributed by atoms with Crippen molar-refractivity contribution in [3.63, 3.8) is 0 Å². The van der Waals surface area contributed by atoms with Gasteiger partial charge >= 0.3 is 0 Å². The molecule has 0 atom stereocenters.